The van der Waals surface area contributed by atoms with E-state index in [0.717, 1.165) is 5.56 Å². The molecule has 2 nitrogen and oxygen atoms in total. The van der Waals surface area contributed by atoms with Gasteiger partial charge in [-0.05, 0) is 37.1 Å². The molecule has 0 bridgehead atoms. The van der Waals surface area contributed by atoms with Gasteiger partial charge in [0.05, 0.1) is 0 Å². The molecule has 0 aliphatic heterocycles. The average molecular weight is 219 g/mol. The second kappa shape index (κ2) is 3.99. The number of rotatable bonds is 1. The van der Waals surface area contributed by atoms with Crippen molar-refractivity contribution in [3.05, 3.63) is 46.7 Å². The van der Waals surface area contributed by atoms with Gasteiger partial charge in [-0.2, -0.15) is 0 Å². The van der Waals surface area contributed by atoms with Crippen molar-refractivity contribution in [3.63, 3.8) is 0 Å². The monoisotopic (exact) mass is 218 g/mol. The lowest BCUT2D eigenvalue weighted by Crippen LogP contribution is -1.90. The molecule has 15 heavy (non-hydrogen) atoms. The second-order valence-electron chi connectivity index (χ2n) is 3.50. The fraction of sp³-hybridized carbons (Fsp3) is 0.167. The molecular weight excluding hydrogens is 208 g/mol. The molecule has 0 atom stereocenters. The smallest absolute Gasteiger partial charge is 0.160 e. The Bertz CT molecular complexity index is 495. The first-order valence-corrected chi connectivity index (χ1v) is 5.11. The van der Waals surface area contributed by atoms with Crippen molar-refractivity contribution in [1.82, 2.24) is 9.97 Å². The number of aromatic nitrogens is 2. The van der Waals surface area contributed by atoms with Crippen LogP contribution in [0.1, 0.15) is 11.1 Å². The van der Waals surface area contributed by atoms with E-state index in [9.17, 15) is 0 Å². The van der Waals surface area contributed by atoms with E-state index in [1.54, 1.807) is 12.3 Å². The van der Waals surface area contributed by atoms with Gasteiger partial charge < -0.3 is 0 Å². The Balaban J connectivity index is 2.50. The van der Waals surface area contributed by atoms with Gasteiger partial charge in [-0.15, -0.1) is 0 Å². The van der Waals surface area contributed by atoms with Crippen LogP contribution in [0.2, 0.25) is 5.15 Å². The van der Waals surface area contributed by atoms with Gasteiger partial charge in [-0.3, -0.25) is 0 Å². The molecule has 3 heteroatoms. The van der Waals surface area contributed by atoms with Crippen molar-refractivity contribution in [3.8, 4) is 11.4 Å². The van der Waals surface area contributed by atoms with Gasteiger partial charge in [0.25, 0.3) is 0 Å². The number of hydrogen-bond donors (Lipinski definition) is 0. The van der Waals surface area contributed by atoms with Crippen molar-refractivity contribution < 1.29 is 0 Å². The van der Waals surface area contributed by atoms with Crippen LogP contribution in [-0.4, -0.2) is 9.97 Å². The van der Waals surface area contributed by atoms with Gasteiger partial charge in [0.1, 0.15) is 5.15 Å². The van der Waals surface area contributed by atoms with Crippen molar-refractivity contribution in [2.24, 2.45) is 0 Å². The zero-order chi connectivity index (χ0) is 10.8. The van der Waals surface area contributed by atoms with Crippen molar-refractivity contribution in [1.29, 1.82) is 0 Å². The third kappa shape index (κ3) is 2.16. The molecule has 1 heterocycles. The Labute approximate surface area is 94.0 Å². The third-order valence-electron chi connectivity index (χ3n) is 2.39. The number of aryl methyl sites for hydroxylation is 2. The molecule has 0 N–H and O–H groups in total. The predicted octanol–water partition coefficient (Wildman–Crippen LogP) is 3.41. The first-order chi connectivity index (χ1) is 7.16. The zero-order valence-electron chi connectivity index (χ0n) is 8.66. The van der Waals surface area contributed by atoms with Crippen LogP contribution in [0.5, 0.6) is 0 Å². The fourth-order valence-corrected chi connectivity index (χ4v) is 1.49. The van der Waals surface area contributed by atoms with Crippen LogP contribution >= 0.6 is 11.6 Å². The van der Waals surface area contributed by atoms with Crippen LogP contribution in [0.3, 0.4) is 0 Å². The van der Waals surface area contributed by atoms with Gasteiger partial charge in [0.2, 0.25) is 0 Å². The molecule has 0 spiro atoms. The average Bonchev–Trinajstić information content (AvgIpc) is 2.22. The minimum Gasteiger partial charge on any atom is -0.236 e. The van der Waals surface area contributed by atoms with E-state index in [0.29, 0.717) is 11.0 Å². The molecule has 0 fully saturated rings. The Morgan fingerprint density at radius 2 is 1.87 bits per heavy atom. The van der Waals surface area contributed by atoms with Crippen LogP contribution in [0.15, 0.2) is 30.5 Å². The van der Waals surface area contributed by atoms with Gasteiger partial charge in [-0.1, -0.05) is 23.7 Å². The summed E-state index contributed by atoms with van der Waals surface area (Å²) in [4.78, 5) is 8.35. The molecule has 76 valence electrons. The highest BCUT2D eigenvalue weighted by atomic mass is 35.5. The van der Waals surface area contributed by atoms with Gasteiger partial charge >= 0.3 is 0 Å². The highest BCUT2D eigenvalue weighted by molar-refractivity contribution is 6.29. The number of benzene rings is 1. The highest BCUT2D eigenvalue weighted by Crippen LogP contribution is 2.19. The van der Waals surface area contributed by atoms with E-state index in [4.69, 9.17) is 11.6 Å². The van der Waals surface area contributed by atoms with Crippen molar-refractivity contribution in [2.45, 2.75) is 13.8 Å². The van der Waals surface area contributed by atoms with Gasteiger partial charge in [0, 0.05) is 11.8 Å². The number of halogens is 1. The predicted molar refractivity (Wildman–Crippen MR) is 62.0 cm³/mol. The minimum atomic E-state index is 0.471. The lowest BCUT2D eigenvalue weighted by Gasteiger charge is -2.03. The molecular formula is C12H11ClN2. The Morgan fingerprint density at radius 3 is 2.53 bits per heavy atom. The van der Waals surface area contributed by atoms with Crippen LogP contribution in [0.4, 0.5) is 0 Å². The van der Waals surface area contributed by atoms with E-state index in [1.807, 2.05) is 6.07 Å². The lowest BCUT2D eigenvalue weighted by molar-refractivity contribution is 1.17. The summed E-state index contributed by atoms with van der Waals surface area (Å²) in [5.74, 6) is 0.672. The maximum atomic E-state index is 5.81. The van der Waals surface area contributed by atoms with Crippen molar-refractivity contribution in [2.75, 3.05) is 0 Å². The molecule has 1 aromatic carbocycles. The van der Waals surface area contributed by atoms with E-state index in [-0.39, 0.29) is 0 Å². The van der Waals surface area contributed by atoms with Crippen LogP contribution in [0, 0.1) is 13.8 Å². The van der Waals surface area contributed by atoms with E-state index < -0.39 is 0 Å². The number of nitrogens with zero attached hydrogens (tertiary/aromatic N) is 2. The van der Waals surface area contributed by atoms with E-state index in [2.05, 4.69) is 35.9 Å². The maximum Gasteiger partial charge on any atom is 0.160 e. The van der Waals surface area contributed by atoms with Gasteiger partial charge in [-0.25, -0.2) is 9.97 Å². The van der Waals surface area contributed by atoms with Crippen LogP contribution < -0.4 is 0 Å². The molecule has 0 saturated heterocycles. The maximum absolute atomic E-state index is 5.81. The molecule has 2 aromatic rings. The number of hydrogen-bond acceptors (Lipinski definition) is 2. The largest absolute Gasteiger partial charge is 0.236 e. The standard InChI is InChI=1S/C12H11ClN2/c1-8-3-4-10(7-9(8)2)12-14-6-5-11(13)15-12/h3-7H,1-2H3. The molecule has 0 aliphatic rings. The summed E-state index contributed by atoms with van der Waals surface area (Å²) in [5.41, 5.74) is 3.50. The quantitative estimate of drug-likeness (QED) is 0.686. The Morgan fingerprint density at radius 1 is 1.07 bits per heavy atom. The summed E-state index contributed by atoms with van der Waals surface area (Å²) in [5, 5.41) is 0.471. The zero-order valence-corrected chi connectivity index (χ0v) is 9.42. The summed E-state index contributed by atoms with van der Waals surface area (Å²) >= 11 is 5.81. The summed E-state index contributed by atoms with van der Waals surface area (Å²) < 4.78 is 0. The van der Waals surface area contributed by atoms with Crippen LogP contribution in [-0.2, 0) is 0 Å². The first-order valence-electron chi connectivity index (χ1n) is 4.73. The lowest BCUT2D eigenvalue weighted by atomic mass is 10.1. The van der Waals surface area contributed by atoms with E-state index >= 15 is 0 Å². The molecule has 0 radical (unpaired) electrons. The Hall–Kier alpha value is -1.41. The molecule has 0 unspecified atom stereocenters. The van der Waals surface area contributed by atoms with Crippen LogP contribution in [0.25, 0.3) is 11.4 Å². The highest BCUT2D eigenvalue weighted by Gasteiger charge is 2.02. The topological polar surface area (TPSA) is 25.8 Å². The normalized spacial score (nSPS) is 10.3. The first kappa shape index (κ1) is 10.1. The molecule has 1 aromatic heterocycles. The second-order valence-corrected chi connectivity index (χ2v) is 3.89. The summed E-state index contributed by atoms with van der Waals surface area (Å²) in [6.45, 7) is 4.15. The third-order valence-corrected chi connectivity index (χ3v) is 2.60. The fourth-order valence-electron chi connectivity index (χ4n) is 1.36. The molecule has 0 saturated carbocycles. The molecule has 0 aliphatic carbocycles. The molecule has 2 rings (SSSR count). The van der Waals surface area contributed by atoms with Crippen molar-refractivity contribution >= 4 is 11.6 Å². The summed E-state index contributed by atoms with van der Waals surface area (Å²) in [7, 11) is 0. The molecule has 0 amide bonds. The Kier molecular flexibility index (Phi) is 2.69. The van der Waals surface area contributed by atoms with Gasteiger partial charge in [0.15, 0.2) is 5.82 Å². The van der Waals surface area contributed by atoms with E-state index in [1.165, 1.54) is 11.1 Å². The summed E-state index contributed by atoms with van der Waals surface area (Å²) in [6, 6.07) is 7.82. The SMILES string of the molecule is Cc1ccc(-c2nccc(Cl)n2)cc1C. The minimum absolute atomic E-state index is 0.471. The summed E-state index contributed by atoms with van der Waals surface area (Å²) in [6.07, 6.45) is 1.67.